The number of rotatable bonds is 1. The SMILES string of the molecule is C=C1c2cccc([N+](=O)[O-])c2CC2OC12. The molecule has 0 radical (unpaired) electrons. The number of nitro groups is 1. The first-order valence-corrected chi connectivity index (χ1v) is 4.79. The Morgan fingerprint density at radius 2 is 2.33 bits per heavy atom. The fraction of sp³-hybridized carbons (Fsp3) is 0.273. The van der Waals surface area contributed by atoms with Crippen molar-refractivity contribution in [1.82, 2.24) is 0 Å². The van der Waals surface area contributed by atoms with E-state index in [1.807, 2.05) is 6.07 Å². The van der Waals surface area contributed by atoms with E-state index in [9.17, 15) is 10.1 Å². The molecule has 3 rings (SSSR count). The third-order valence-corrected chi connectivity index (χ3v) is 3.03. The standard InChI is InChI=1S/C11H9NO3/c1-6-7-3-2-4-9(12(13)14)8(7)5-10-11(6)15-10/h2-4,10-11H,1,5H2. The van der Waals surface area contributed by atoms with Gasteiger partial charge < -0.3 is 4.74 Å². The minimum absolute atomic E-state index is 0.0968. The quantitative estimate of drug-likeness (QED) is 0.398. The van der Waals surface area contributed by atoms with Crippen molar-refractivity contribution >= 4 is 11.3 Å². The number of epoxide rings is 1. The molecule has 1 aliphatic heterocycles. The smallest absolute Gasteiger partial charge is 0.273 e. The van der Waals surface area contributed by atoms with Gasteiger partial charge in [-0.25, -0.2) is 0 Å². The van der Waals surface area contributed by atoms with Crippen molar-refractivity contribution in [3.63, 3.8) is 0 Å². The van der Waals surface area contributed by atoms with Crippen molar-refractivity contribution in [3.05, 3.63) is 46.0 Å². The van der Waals surface area contributed by atoms with Crippen LogP contribution in [-0.2, 0) is 11.2 Å². The van der Waals surface area contributed by atoms with E-state index in [-0.39, 0.29) is 22.8 Å². The van der Waals surface area contributed by atoms with Crippen LogP contribution < -0.4 is 0 Å². The zero-order chi connectivity index (χ0) is 10.6. The Kier molecular flexibility index (Phi) is 1.53. The molecule has 0 saturated carbocycles. The van der Waals surface area contributed by atoms with E-state index in [0.717, 1.165) is 16.7 Å². The van der Waals surface area contributed by atoms with Crippen LogP contribution in [0.25, 0.3) is 5.57 Å². The number of nitrogens with zero attached hydrogens (tertiary/aromatic N) is 1. The Hall–Kier alpha value is -1.68. The number of fused-ring (bicyclic) bond motifs is 2. The number of nitro benzene ring substituents is 1. The average molecular weight is 203 g/mol. The lowest BCUT2D eigenvalue weighted by Gasteiger charge is -2.13. The highest BCUT2D eigenvalue weighted by atomic mass is 16.6. The third-order valence-electron chi connectivity index (χ3n) is 3.03. The fourth-order valence-corrected chi connectivity index (χ4v) is 2.22. The second-order valence-electron chi connectivity index (χ2n) is 3.88. The zero-order valence-electron chi connectivity index (χ0n) is 7.97. The molecule has 0 aromatic heterocycles. The predicted octanol–water partition coefficient (Wildman–Crippen LogP) is 1.93. The molecule has 1 saturated heterocycles. The molecule has 1 aromatic rings. The first-order valence-electron chi connectivity index (χ1n) is 4.79. The molecule has 4 heteroatoms. The van der Waals surface area contributed by atoms with Gasteiger partial charge in [-0.3, -0.25) is 10.1 Å². The highest BCUT2D eigenvalue weighted by Crippen LogP contribution is 2.45. The summed E-state index contributed by atoms with van der Waals surface area (Å²) in [5.41, 5.74) is 2.72. The summed E-state index contributed by atoms with van der Waals surface area (Å²) in [6.45, 7) is 3.93. The maximum Gasteiger partial charge on any atom is 0.273 e. The minimum Gasteiger partial charge on any atom is -0.364 e. The van der Waals surface area contributed by atoms with E-state index in [1.54, 1.807) is 6.07 Å². The van der Waals surface area contributed by atoms with Gasteiger partial charge in [0.25, 0.3) is 5.69 Å². The third kappa shape index (κ3) is 1.11. The highest BCUT2D eigenvalue weighted by molar-refractivity contribution is 5.77. The van der Waals surface area contributed by atoms with E-state index < -0.39 is 0 Å². The molecular weight excluding hydrogens is 194 g/mol. The lowest BCUT2D eigenvalue weighted by atomic mass is 9.87. The first-order chi connectivity index (χ1) is 7.18. The second-order valence-corrected chi connectivity index (χ2v) is 3.88. The zero-order valence-corrected chi connectivity index (χ0v) is 7.97. The Balaban J connectivity index is 2.19. The Labute approximate surface area is 86.3 Å². The summed E-state index contributed by atoms with van der Waals surface area (Å²) >= 11 is 0. The number of hydrogen-bond donors (Lipinski definition) is 0. The molecule has 1 aliphatic carbocycles. The molecule has 2 atom stereocenters. The van der Waals surface area contributed by atoms with Gasteiger partial charge in [-0.2, -0.15) is 0 Å². The molecule has 1 fully saturated rings. The molecule has 1 aromatic carbocycles. The van der Waals surface area contributed by atoms with Crippen LogP contribution in [0.3, 0.4) is 0 Å². The lowest BCUT2D eigenvalue weighted by molar-refractivity contribution is -0.385. The summed E-state index contributed by atoms with van der Waals surface area (Å²) < 4.78 is 5.39. The summed E-state index contributed by atoms with van der Waals surface area (Å²) in [5, 5.41) is 10.8. The summed E-state index contributed by atoms with van der Waals surface area (Å²) in [5.74, 6) is 0. The normalized spacial score (nSPS) is 26.8. The Bertz CT molecular complexity index is 481. The van der Waals surface area contributed by atoms with E-state index in [2.05, 4.69) is 6.58 Å². The molecule has 2 unspecified atom stereocenters. The van der Waals surface area contributed by atoms with Crippen molar-refractivity contribution in [1.29, 1.82) is 0 Å². The Morgan fingerprint density at radius 3 is 3.07 bits per heavy atom. The molecule has 76 valence electrons. The van der Waals surface area contributed by atoms with E-state index in [1.165, 1.54) is 6.07 Å². The number of hydrogen-bond acceptors (Lipinski definition) is 3. The molecule has 0 amide bonds. The Morgan fingerprint density at radius 1 is 1.53 bits per heavy atom. The largest absolute Gasteiger partial charge is 0.364 e. The summed E-state index contributed by atoms with van der Waals surface area (Å²) in [6.07, 6.45) is 0.849. The van der Waals surface area contributed by atoms with Gasteiger partial charge in [0.2, 0.25) is 0 Å². The molecule has 0 bridgehead atoms. The van der Waals surface area contributed by atoms with Gasteiger partial charge in [-0.1, -0.05) is 18.7 Å². The first kappa shape index (κ1) is 8.61. The molecular formula is C11H9NO3. The molecule has 2 aliphatic rings. The van der Waals surface area contributed by atoms with Crippen LogP contribution in [0, 0.1) is 10.1 Å². The molecule has 1 heterocycles. The maximum atomic E-state index is 10.8. The highest BCUT2D eigenvalue weighted by Gasteiger charge is 2.47. The summed E-state index contributed by atoms with van der Waals surface area (Å²) in [4.78, 5) is 10.5. The summed E-state index contributed by atoms with van der Waals surface area (Å²) in [6, 6.07) is 5.11. The van der Waals surface area contributed by atoms with Crippen molar-refractivity contribution in [3.8, 4) is 0 Å². The molecule has 0 spiro atoms. The predicted molar refractivity (Wildman–Crippen MR) is 54.5 cm³/mol. The van der Waals surface area contributed by atoms with Crippen LogP contribution in [0.1, 0.15) is 11.1 Å². The van der Waals surface area contributed by atoms with Crippen LogP contribution in [0.15, 0.2) is 24.8 Å². The van der Waals surface area contributed by atoms with E-state index >= 15 is 0 Å². The van der Waals surface area contributed by atoms with Gasteiger partial charge >= 0.3 is 0 Å². The molecule has 15 heavy (non-hydrogen) atoms. The molecule has 4 nitrogen and oxygen atoms in total. The lowest BCUT2D eigenvalue weighted by Crippen LogP contribution is -2.12. The van der Waals surface area contributed by atoms with Gasteiger partial charge in [0.05, 0.1) is 11.0 Å². The van der Waals surface area contributed by atoms with Crippen molar-refractivity contribution in [2.45, 2.75) is 18.6 Å². The van der Waals surface area contributed by atoms with Gasteiger partial charge in [-0.15, -0.1) is 0 Å². The van der Waals surface area contributed by atoms with Gasteiger partial charge in [0.1, 0.15) is 6.10 Å². The topological polar surface area (TPSA) is 55.7 Å². The maximum absolute atomic E-state index is 10.8. The van der Waals surface area contributed by atoms with Crippen LogP contribution in [0.5, 0.6) is 0 Å². The van der Waals surface area contributed by atoms with Gasteiger partial charge in [0, 0.05) is 18.1 Å². The van der Waals surface area contributed by atoms with E-state index in [0.29, 0.717) is 6.42 Å². The van der Waals surface area contributed by atoms with Crippen molar-refractivity contribution in [2.75, 3.05) is 0 Å². The second kappa shape index (κ2) is 2.67. The average Bonchev–Trinajstić information content (AvgIpc) is 2.96. The summed E-state index contributed by atoms with van der Waals surface area (Å²) in [7, 11) is 0. The van der Waals surface area contributed by atoms with Gasteiger partial charge in [-0.05, 0) is 11.1 Å². The number of benzene rings is 1. The van der Waals surface area contributed by atoms with Crippen molar-refractivity contribution in [2.24, 2.45) is 0 Å². The van der Waals surface area contributed by atoms with Crippen LogP contribution in [-0.4, -0.2) is 17.1 Å². The van der Waals surface area contributed by atoms with Gasteiger partial charge in [0.15, 0.2) is 0 Å². The number of ether oxygens (including phenoxy) is 1. The van der Waals surface area contributed by atoms with E-state index in [4.69, 9.17) is 4.74 Å². The van der Waals surface area contributed by atoms with Crippen LogP contribution >= 0.6 is 0 Å². The monoisotopic (exact) mass is 203 g/mol. The van der Waals surface area contributed by atoms with Crippen LogP contribution in [0.2, 0.25) is 0 Å². The minimum atomic E-state index is -0.338. The molecule has 0 N–H and O–H groups in total. The van der Waals surface area contributed by atoms with Crippen molar-refractivity contribution < 1.29 is 9.66 Å². The fourth-order valence-electron chi connectivity index (χ4n) is 2.22. The van der Waals surface area contributed by atoms with Crippen LogP contribution in [0.4, 0.5) is 5.69 Å².